The van der Waals surface area contributed by atoms with Crippen LogP contribution in [-0.2, 0) is 6.54 Å². The van der Waals surface area contributed by atoms with Crippen LogP contribution in [0.15, 0.2) is 30.6 Å². The molecule has 136 valence electrons. The van der Waals surface area contributed by atoms with Crippen LogP contribution in [0.4, 0.5) is 4.39 Å². The largest absolute Gasteiger partial charge is 0.370 e. The molecule has 0 aromatic heterocycles. The van der Waals surface area contributed by atoms with E-state index in [0.717, 1.165) is 44.6 Å². The molecule has 1 aliphatic carbocycles. The van der Waals surface area contributed by atoms with Crippen molar-refractivity contribution in [1.82, 2.24) is 15.1 Å². The van der Waals surface area contributed by atoms with Gasteiger partial charge < -0.3 is 20.9 Å². The quantitative estimate of drug-likeness (QED) is 0.535. The Morgan fingerprint density at radius 1 is 1.40 bits per heavy atom. The molecule has 7 heteroatoms. The average molecular weight is 366 g/mol. The molecular weight excluding hydrogens is 341 g/mol. The minimum Gasteiger partial charge on any atom is -0.370 e. The molecule has 1 atom stereocenters. The summed E-state index contributed by atoms with van der Waals surface area (Å²) < 4.78 is 14.0. The van der Waals surface area contributed by atoms with Crippen molar-refractivity contribution in [2.24, 2.45) is 5.73 Å². The fraction of sp³-hybridized carbons (Fsp3) is 0.500. The molecule has 0 unspecified atom stereocenters. The fourth-order valence-corrected chi connectivity index (χ4v) is 3.60. The molecule has 1 aliphatic heterocycles. The summed E-state index contributed by atoms with van der Waals surface area (Å²) >= 11 is 5.80. The van der Waals surface area contributed by atoms with Crippen LogP contribution in [0.1, 0.15) is 31.2 Å². The van der Waals surface area contributed by atoms with Gasteiger partial charge in [-0.3, -0.25) is 5.41 Å². The first-order valence-corrected chi connectivity index (χ1v) is 9.07. The van der Waals surface area contributed by atoms with Gasteiger partial charge in [0, 0.05) is 42.3 Å². The molecule has 0 bridgehead atoms. The van der Waals surface area contributed by atoms with E-state index in [9.17, 15) is 4.39 Å². The summed E-state index contributed by atoms with van der Waals surface area (Å²) in [6.07, 6.45) is 4.35. The first kappa shape index (κ1) is 17.9. The Balaban J connectivity index is 1.64. The molecule has 4 N–H and O–H groups in total. The lowest BCUT2D eigenvalue weighted by molar-refractivity contribution is 0.148. The molecule has 1 heterocycles. The standard InChI is InChI=1S/C18H25ClFN5/c1-12(23-10-13-4-5-14(19)9-17(13)20)25(15-6-7-15)16-3-2-8-24(11-16)18(21)22/h4-5,9,15-16,23H,1-3,6-8,10-11H2,(H3,21,22)/t16-/m1/s1. The molecule has 1 aromatic carbocycles. The number of guanidine groups is 1. The highest BCUT2D eigenvalue weighted by atomic mass is 35.5. The molecule has 1 saturated heterocycles. The van der Waals surface area contributed by atoms with Crippen LogP contribution >= 0.6 is 11.6 Å². The smallest absolute Gasteiger partial charge is 0.188 e. The summed E-state index contributed by atoms with van der Waals surface area (Å²) in [6.45, 7) is 6.13. The third-order valence-electron chi connectivity index (χ3n) is 4.88. The van der Waals surface area contributed by atoms with Crippen molar-refractivity contribution in [3.8, 4) is 0 Å². The number of rotatable bonds is 6. The molecule has 1 aromatic rings. The normalized spacial score (nSPS) is 20.2. The summed E-state index contributed by atoms with van der Waals surface area (Å²) in [7, 11) is 0. The Kier molecular flexibility index (Phi) is 5.37. The average Bonchev–Trinajstić information content (AvgIpc) is 3.39. The molecule has 2 aliphatic rings. The lowest BCUT2D eigenvalue weighted by Crippen LogP contribution is -2.53. The Labute approximate surface area is 153 Å². The van der Waals surface area contributed by atoms with E-state index in [1.165, 1.54) is 6.07 Å². The van der Waals surface area contributed by atoms with Gasteiger partial charge in [-0.15, -0.1) is 0 Å². The highest BCUT2D eigenvalue weighted by Gasteiger charge is 2.37. The highest BCUT2D eigenvalue weighted by Crippen LogP contribution is 2.33. The number of hydrogen-bond donors (Lipinski definition) is 3. The van der Waals surface area contributed by atoms with Gasteiger partial charge in [-0.05, 0) is 37.8 Å². The first-order valence-electron chi connectivity index (χ1n) is 8.69. The second-order valence-corrected chi connectivity index (χ2v) is 7.24. The van der Waals surface area contributed by atoms with Gasteiger partial charge in [0.2, 0.25) is 0 Å². The predicted octanol–water partition coefficient (Wildman–Crippen LogP) is 2.86. The zero-order valence-electron chi connectivity index (χ0n) is 14.3. The maximum absolute atomic E-state index is 14.0. The Hall–Kier alpha value is -1.95. The van der Waals surface area contributed by atoms with E-state index < -0.39 is 0 Å². The number of likely N-dealkylation sites (tertiary alicyclic amines) is 1. The zero-order valence-corrected chi connectivity index (χ0v) is 15.0. The van der Waals surface area contributed by atoms with Crippen molar-refractivity contribution >= 4 is 17.6 Å². The van der Waals surface area contributed by atoms with Crippen LogP contribution in [0.5, 0.6) is 0 Å². The summed E-state index contributed by atoms with van der Waals surface area (Å²) in [5.74, 6) is 0.626. The predicted molar refractivity (Wildman–Crippen MR) is 98.8 cm³/mol. The van der Waals surface area contributed by atoms with E-state index in [2.05, 4.69) is 16.8 Å². The molecule has 0 spiro atoms. The third kappa shape index (κ3) is 4.37. The summed E-state index contributed by atoms with van der Waals surface area (Å²) in [4.78, 5) is 4.22. The number of piperidine rings is 1. The number of halogens is 2. The summed E-state index contributed by atoms with van der Waals surface area (Å²) in [6, 6.07) is 5.46. The topological polar surface area (TPSA) is 68.4 Å². The van der Waals surface area contributed by atoms with Gasteiger partial charge in [-0.2, -0.15) is 0 Å². The number of hydrogen-bond acceptors (Lipinski definition) is 3. The molecule has 0 amide bonds. The molecule has 1 saturated carbocycles. The lowest BCUT2D eigenvalue weighted by atomic mass is 10.0. The first-order chi connectivity index (χ1) is 12.0. The van der Waals surface area contributed by atoms with Crippen molar-refractivity contribution in [3.05, 3.63) is 47.0 Å². The van der Waals surface area contributed by atoms with Crippen LogP contribution in [-0.4, -0.2) is 40.9 Å². The van der Waals surface area contributed by atoms with Gasteiger partial charge in [-0.1, -0.05) is 24.2 Å². The fourth-order valence-electron chi connectivity index (χ4n) is 3.45. The minimum atomic E-state index is -0.314. The third-order valence-corrected chi connectivity index (χ3v) is 5.12. The van der Waals surface area contributed by atoms with Gasteiger partial charge in [0.05, 0.1) is 5.82 Å². The molecular formula is C18H25ClFN5. The van der Waals surface area contributed by atoms with Crippen molar-refractivity contribution in [2.45, 2.75) is 44.3 Å². The van der Waals surface area contributed by atoms with Gasteiger partial charge in [0.15, 0.2) is 5.96 Å². The SMILES string of the molecule is C=C(NCc1ccc(Cl)cc1F)N(C1CC1)[C@@H]1CCCN(C(=N)N)C1. The maximum Gasteiger partial charge on any atom is 0.188 e. The van der Waals surface area contributed by atoms with Crippen LogP contribution in [0.3, 0.4) is 0 Å². The number of nitrogens with one attached hydrogen (secondary N) is 2. The van der Waals surface area contributed by atoms with Gasteiger partial charge in [0.25, 0.3) is 0 Å². The Morgan fingerprint density at radius 3 is 2.80 bits per heavy atom. The second-order valence-electron chi connectivity index (χ2n) is 6.80. The van der Waals surface area contributed by atoms with Gasteiger partial charge in [-0.25, -0.2) is 4.39 Å². The van der Waals surface area contributed by atoms with E-state index >= 15 is 0 Å². The van der Waals surface area contributed by atoms with Crippen molar-refractivity contribution < 1.29 is 4.39 Å². The van der Waals surface area contributed by atoms with E-state index in [1.807, 2.05) is 4.90 Å². The van der Waals surface area contributed by atoms with Gasteiger partial charge >= 0.3 is 0 Å². The molecule has 0 radical (unpaired) electrons. The van der Waals surface area contributed by atoms with Crippen LogP contribution < -0.4 is 11.1 Å². The van der Waals surface area contributed by atoms with Gasteiger partial charge in [0.1, 0.15) is 5.82 Å². The molecule has 25 heavy (non-hydrogen) atoms. The highest BCUT2D eigenvalue weighted by molar-refractivity contribution is 6.30. The van der Waals surface area contributed by atoms with Crippen LogP contribution in [0.2, 0.25) is 5.02 Å². The van der Waals surface area contributed by atoms with E-state index in [0.29, 0.717) is 23.2 Å². The van der Waals surface area contributed by atoms with Crippen molar-refractivity contribution in [1.29, 1.82) is 5.41 Å². The maximum atomic E-state index is 14.0. The van der Waals surface area contributed by atoms with Crippen molar-refractivity contribution in [3.63, 3.8) is 0 Å². The number of nitrogens with zero attached hydrogens (tertiary/aromatic N) is 2. The molecule has 3 rings (SSSR count). The molecule has 5 nitrogen and oxygen atoms in total. The van der Waals surface area contributed by atoms with E-state index in [1.54, 1.807) is 12.1 Å². The van der Waals surface area contributed by atoms with E-state index in [-0.39, 0.29) is 17.8 Å². The monoisotopic (exact) mass is 365 g/mol. The second kappa shape index (κ2) is 7.52. The van der Waals surface area contributed by atoms with Crippen molar-refractivity contribution in [2.75, 3.05) is 13.1 Å². The van der Waals surface area contributed by atoms with Crippen LogP contribution in [0, 0.1) is 11.2 Å². The van der Waals surface area contributed by atoms with E-state index in [4.69, 9.17) is 22.7 Å². The minimum absolute atomic E-state index is 0.127. The molecule has 2 fully saturated rings. The zero-order chi connectivity index (χ0) is 18.0. The summed E-state index contributed by atoms with van der Waals surface area (Å²) in [5, 5.41) is 11.3. The number of nitrogens with two attached hydrogens (primary N) is 1. The number of benzene rings is 1. The summed E-state index contributed by atoms with van der Waals surface area (Å²) in [5.41, 5.74) is 6.23. The Morgan fingerprint density at radius 2 is 2.16 bits per heavy atom. The Bertz CT molecular complexity index is 661. The lowest BCUT2D eigenvalue weighted by Gasteiger charge is -2.41. The van der Waals surface area contributed by atoms with Crippen LogP contribution in [0.25, 0.3) is 0 Å².